The molecule has 0 atom stereocenters. The maximum Gasteiger partial charge on any atom is 0.268 e. The predicted octanol–water partition coefficient (Wildman–Crippen LogP) is 2.23. The van der Waals surface area contributed by atoms with Crippen LogP contribution in [0.3, 0.4) is 0 Å². The fraction of sp³-hybridized carbons (Fsp3) is 0.333. The second-order valence-electron chi connectivity index (χ2n) is 2.67. The normalized spacial score (nSPS) is 10.1. The van der Waals surface area contributed by atoms with E-state index in [2.05, 4.69) is 9.72 Å². The number of nitrogens with zero attached hydrogens (tertiary/aromatic N) is 2. The van der Waals surface area contributed by atoms with Gasteiger partial charge in [-0.3, -0.25) is 0 Å². The molecule has 1 aromatic heterocycles. The Kier molecular flexibility index (Phi) is 3.50. The molecule has 0 aromatic carbocycles. The highest BCUT2D eigenvalue weighted by Crippen LogP contribution is 2.26. The summed E-state index contributed by atoms with van der Waals surface area (Å²) >= 11 is 0. The van der Waals surface area contributed by atoms with Crippen LogP contribution >= 0.6 is 0 Å². The molecular formula is C9H7F3N2O. The molecule has 0 spiro atoms. The zero-order valence-corrected chi connectivity index (χ0v) is 7.80. The van der Waals surface area contributed by atoms with Gasteiger partial charge in [-0.05, 0) is 6.07 Å². The topological polar surface area (TPSA) is 45.9 Å². The van der Waals surface area contributed by atoms with Crippen molar-refractivity contribution in [1.29, 1.82) is 5.26 Å². The minimum absolute atomic E-state index is 0.140. The number of aromatic nitrogens is 1. The third-order valence-corrected chi connectivity index (χ3v) is 1.74. The van der Waals surface area contributed by atoms with Crippen LogP contribution in [0, 0.1) is 17.3 Å². The summed E-state index contributed by atoms with van der Waals surface area (Å²) in [5.41, 5.74) is -0.669. The average molecular weight is 216 g/mol. The van der Waals surface area contributed by atoms with Crippen LogP contribution in [0.15, 0.2) is 6.07 Å². The molecule has 0 aliphatic carbocycles. The van der Waals surface area contributed by atoms with Gasteiger partial charge in [0.1, 0.15) is 0 Å². The average Bonchev–Trinajstić information content (AvgIpc) is 2.20. The third kappa shape index (κ3) is 2.37. The molecule has 0 saturated heterocycles. The van der Waals surface area contributed by atoms with E-state index >= 15 is 0 Å². The molecule has 0 unspecified atom stereocenters. The molecular weight excluding hydrogens is 209 g/mol. The Morgan fingerprint density at radius 3 is 2.73 bits per heavy atom. The van der Waals surface area contributed by atoms with Gasteiger partial charge in [-0.2, -0.15) is 14.6 Å². The lowest BCUT2D eigenvalue weighted by atomic mass is 10.1. The highest BCUT2D eigenvalue weighted by molar-refractivity contribution is 5.33. The van der Waals surface area contributed by atoms with E-state index in [1.165, 1.54) is 7.11 Å². The Hall–Kier alpha value is -1.77. The molecule has 6 heteroatoms. The molecule has 1 rings (SSSR count). The van der Waals surface area contributed by atoms with E-state index in [0.717, 1.165) is 6.07 Å². The molecule has 0 radical (unpaired) electrons. The number of methoxy groups -OCH3 is 1. The molecule has 3 nitrogen and oxygen atoms in total. The van der Waals surface area contributed by atoms with Gasteiger partial charge in [-0.1, -0.05) is 0 Å². The molecule has 0 aliphatic heterocycles. The van der Waals surface area contributed by atoms with Crippen molar-refractivity contribution in [1.82, 2.24) is 4.98 Å². The van der Waals surface area contributed by atoms with Crippen LogP contribution in [0.5, 0.6) is 5.88 Å². The number of halogens is 3. The van der Waals surface area contributed by atoms with Gasteiger partial charge in [0.15, 0.2) is 0 Å². The standard InChI is InChI=1S/C9H7F3N2O/c1-15-9-5(2-3-13)4-6(7(10)11)8(12)14-9/h4,7H,2H2,1H3. The van der Waals surface area contributed by atoms with Crippen LogP contribution in [0.25, 0.3) is 0 Å². The van der Waals surface area contributed by atoms with Gasteiger partial charge in [0.2, 0.25) is 11.8 Å². The summed E-state index contributed by atoms with van der Waals surface area (Å²) in [6.45, 7) is 0. The summed E-state index contributed by atoms with van der Waals surface area (Å²) in [6, 6.07) is 2.65. The van der Waals surface area contributed by atoms with Gasteiger partial charge in [-0.25, -0.2) is 8.78 Å². The van der Waals surface area contributed by atoms with E-state index in [-0.39, 0.29) is 17.9 Å². The van der Waals surface area contributed by atoms with Gasteiger partial charge >= 0.3 is 0 Å². The number of ether oxygens (including phenoxy) is 1. The largest absolute Gasteiger partial charge is 0.481 e. The van der Waals surface area contributed by atoms with E-state index in [1.807, 2.05) is 0 Å². The van der Waals surface area contributed by atoms with Gasteiger partial charge in [0, 0.05) is 5.56 Å². The van der Waals surface area contributed by atoms with E-state index < -0.39 is 17.9 Å². The molecule has 0 saturated carbocycles. The van der Waals surface area contributed by atoms with Crippen molar-refractivity contribution in [2.24, 2.45) is 0 Å². The van der Waals surface area contributed by atoms with Crippen LogP contribution in [0.4, 0.5) is 13.2 Å². The van der Waals surface area contributed by atoms with Gasteiger partial charge < -0.3 is 4.74 Å². The second-order valence-corrected chi connectivity index (χ2v) is 2.67. The number of alkyl halides is 2. The van der Waals surface area contributed by atoms with Crippen LogP contribution in [-0.2, 0) is 6.42 Å². The predicted molar refractivity (Wildman–Crippen MR) is 45.0 cm³/mol. The first kappa shape index (κ1) is 11.3. The van der Waals surface area contributed by atoms with Gasteiger partial charge in [0.05, 0.1) is 25.2 Å². The van der Waals surface area contributed by atoms with Crippen LogP contribution in [0.2, 0.25) is 0 Å². The van der Waals surface area contributed by atoms with E-state index in [4.69, 9.17) is 5.26 Å². The number of pyridine rings is 1. The number of hydrogen-bond donors (Lipinski definition) is 0. The smallest absolute Gasteiger partial charge is 0.268 e. The minimum atomic E-state index is -2.96. The minimum Gasteiger partial charge on any atom is -0.481 e. The van der Waals surface area contributed by atoms with Crippen molar-refractivity contribution in [2.45, 2.75) is 12.8 Å². The molecule has 0 bridgehead atoms. The highest BCUT2D eigenvalue weighted by Gasteiger charge is 2.18. The molecule has 80 valence electrons. The molecule has 0 N–H and O–H groups in total. The Bertz CT molecular complexity index is 401. The first-order valence-electron chi connectivity index (χ1n) is 3.98. The van der Waals surface area contributed by atoms with Gasteiger partial charge in [0.25, 0.3) is 6.43 Å². The first-order chi connectivity index (χ1) is 7.10. The number of nitriles is 1. The van der Waals surface area contributed by atoms with E-state index in [1.54, 1.807) is 6.07 Å². The molecule has 15 heavy (non-hydrogen) atoms. The highest BCUT2D eigenvalue weighted by atomic mass is 19.3. The Morgan fingerprint density at radius 2 is 2.27 bits per heavy atom. The lowest BCUT2D eigenvalue weighted by molar-refractivity contribution is 0.144. The van der Waals surface area contributed by atoms with Crippen LogP contribution in [-0.4, -0.2) is 12.1 Å². The Morgan fingerprint density at radius 1 is 1.60 bits per heavy atom. The van der Waals surface area contributed by atoms with E-state index in [0.29, 0.717) is 0 Å². The van der Waals surface area contributed by atoms with Crippen molar-refractivity contribution in [2.75, 3.05) is 7.11 Å². The monoisotopic (exact) mass is 216 g/mol. The number of rotatable bonds is 3. The maximum absolute atomic E-state index is 13.0. The Labute approximate surface area is 84.1 Å². The SMILES string of the molecule is COc1nc(F)c(C(F)F)cc1CC#N. The molecule has 1 aromatic rings. The van der Waals surface area contributed by atoms with Gasteiger partial charge in [-0.15, -0.1) is 0 Å². The Balaban J connectivity index is 3.25. The van der Waals surface area contributed by atoms with Crippen molar-refractivity contribution in [3.8, 4) is 11.9 Å². The number of hydrogen-bond acceptors (Lipinski definition) is 3. The van der Waals surface area contributed by atoms with Crippen LogP contribution in [0.1, 0.15) is 17.6 Å². The summed E-state index contributed by atoms with van der Waals surface area (Å²) in [5, 5.41) is 8.42. The van der Waals surface area contributed by atoms with Crippen molar-refractivity contribution in [3.63, 3.8) is 0 Å². The summed E-state index contributed by atoms with van der Waals surface area (Å²) in [4.78, 5) is 3.21. The lowest BCUT2D eigenvalue weighted by Crippen LogP contribution is -2.02. The third-order valence-electron chi connectivity index (χ3n) is 1.74. The maximum atomic E-state index is 13.0. The molecule has 0 amide bonds. The summed E-state index contributed by atoms with van der Waals surface area (Å²) in [6.07, 6.45) is -3.11. The zero-order chi connectivity index (χ0) is 11.4. The fourth-order valence-corrected chi connectivity index (χ4v) is 1.08. The second kappa shape index (κ2) is 4.64. The zero-order valence-electron chi connectivity index (χ0n) is 7.80. The summed E-state index contributed by atoms with van der Waals surface area (Å²) in [5.74, 6) is -1.41. The fourth-order valence-electron chi connectivity index (χ4n) is 1.08. The molecule has 1 heterocycles. The molecule has 0 aliphatic rings. The van der Waals surface area contributed by atoms with Crippen LogP contribution < -0.4 is 4.74 Å². The van der Waals surface area contributed by atoms with Crippen molar-refractivity contribution in [3.05, 3.63) is 23.1 Å². The quantitative estimate of drug-likeness (QED) is 0.728. The lowest BCUT2D eigenvalue weighted by Gasteiger charge is -2.07. The van der Waals surface area contributed by atoms with E-state index in [9.17, 15) is 13.2 Å². The first-order valence-corrected chi connectivity index (χ1v) is 3.98. The molecule has 0 fully saturated rings. The van der Waals surface area contributed by atoms with Crippen molar-refractivity contribution >= 4 is 0 Å². The summed E-state index contributed by atoms with van der Waals surface area (Å²) in [7, 11) is 1.23. The summed E-state index contributed by atoms with van der Waals surface area (Å²) < 4.78 is 42.2. The van der Waals surface area contributed by atoms with Crippen molar-refractivity contribution < 1.29 is 17.9 Å².